The van der Waals surface area contributed by atoms with Crippen LogP contribution in [0.3, 0.4) is 0 Å². The number of amides is 3. The lowest BCUT2D eigenvalue weighted by Gasteiger charge is -2.20. The van der Waals surface area contributed by atoms with Gasteiger partial charge in [0.2, 0.25) is 5.91 Å². The van der Waals surface area contributed by atoms with Gasteiger partial charge < -0.3 is 20.6 Å². The highest BCUT2D eigenvalue weighted by Gasteiger charge is 2.42. The van der Waals surface area contributed by atoms with Crippen molar-refractivity contribution in [2.24, 2.45) is 11.3 Å². The molecule has 7 nitrogen and oxygen atoms in total. The molecule has 1 aliphatic rings. The number of hydrogen-bond acceptors (Lipinski definition) is 3. The second-order valence-electron chi connectivity index (χ2n) is 7.54. The highest BCUT2D eigenvalue weighted by Crippen LogP contribution is 2.30. The number of nitrogens with one attached hydrogen (secondary N) is 2. The number of carboxylic acid groups (broad SMARTS) is 1. The van der Waals surface area contributed by atoms with E-state index < -0.39 is 11.4 Å². The van der Waals surface area contributed by atoms with Crippen LogP contribution >= 0.6 is 0 Å². The number of rotatable bonds is 6. The molecule has 1 fully saturated rings. The van der Waals surface area contributed by atoms with Gasteiger partial charge in [-0.2, -0.15) is 0 Å². The second-order valence-corrected chi connectivity index (χ2v) is 7.54. The molecule has 7 heteroatoms. The van der Waals surface area contributed by atoms with Crippen molar-refractivity contribution >= 4 is 23.6 Å². The Morgan fingerprint density at radius 2 is 2.04 bits per heavy atom. The van der Waals surface area contributed by atoms with E-state index in [9.17, 15) is 19.5 Å². The Balaban J connectivity index is 1.88. The molecule has 1 unspecified atom stereocenters. The zero-order chi connectivity index (χ0) is 19.3. The maximum atomic E-state index is 12.3. The third kappa shape index (κ3) is 5.21. The monoisotopic (exact) mass is 361 g/mol. The number of carbonyl (C=O) groups is 3. The molecule has 0 aromatic heterocycles. The van der Waals surface area contributed by atoms with E-state index in [1.807, 2.05) is 38.1 Å². The molecule has 1 aromatic rings. The zero-order valence-corrected chi connectivity index (χ0v) is 15.5. The maximum absolute atomic E-state index is 12.3. The fourth-order valence-corrected chi connectivity index (χ4v) is 2.94. The summed E-state index contributed by atoms with van der Waals surface area (Å²) in [7, 11) is 0. The Kier molecular flexibility index (Phi) is 6.23. The van der Waals surface area contributed by atoms with Crippen LogP contribution in [0.25, 0.3) is 0 Å². The lowest BCUT2D eigenvalue weighted by Crippen LogP contribution is -2.40. The smallest absolute Gasteiger partial charge is 0.317 e. The standard InChI is InChI=1S/C19H27N3O4/c1-13(2)9-16(23)21-15-6-4-5-14(10-15)11-20-18(26)22-8-7-19(3,12-22)17(24)25/h4-6,10,13H,7-9,11-12H2,1-3H3,(H,20,26)(H,21,23)(H,24,25). The third-order valence-electron chi connectivity index (χ3n) is 4.52. The fraction of sp³-hybridized carbons (Fsp3) is 0.526. The first-order valence-electron chi connectivity index (χ1n) is 8.84. The molecule has 1 atom stereocenters. The van der Waals surface area contributed by atoms with Crippen molar-refractivity contribution in [2.45, 2.75) is 40.2 Å². The molecule has 1 heterocycles. The Bertz CT molecular complexity index is 689. The third-order valence-corrected chi connectivity index (χ3v) is 4.52. The van der Waals surface area contributed by atoms with Gasteiger partial charge in [-0.15, -0.1) is 0 Å². The van der Waals surface area contributed by atoms with Gasteiger partial charge in [-0.25, -0.2) is 4.79 Å². The van der Waals surface area contributed by atoms with Crippen LogP contribution in [-0.2, 0) is 16.1 Å². The van der Waals surface area contributed by atoms with Gasteiger partial charge in [0, 0.05) is 31.7 Å². The van der Waals surface area contributed by atoms with E-state index >= 15 is 0 Å². The van der Waals surface area contributed by atoms with Crippen molar-refractivity contribution < 1.29 is 19.5 Å². The summed E-state index contributed by atoms with van der Waals surface area (Å²) >= 11 is 0. The molecule has 0 aliphatic carbocycles. The molecular weight excluding hydrogens is 334 g/mol. The summed E-state index contributed by atoms with van der Waals surface area (Å²) in [4.78, 5) is 36.9. The van der Waals surface area contributed by atoms with Crippen LogP contribution in [0.15, 0.2) is 24.3 Å². The molecule has 1 aliphatic heterocycles. The second kappa shape index (κ2) is 8.21. The summed E-state index contributed by atoms with van der Waals surface area (Å²) in [6, 6.07) is 7.05. The summed E-state index contributed by atoms with van der Waals surface area (Å²) in [6.45, 7) is 6.58. The van der Waals surface area contributed by atoms with E-state index in [-0.39, 0.29) is 24.4 Å². The molecule has 1 saturated heterocycles. The molecule has 0 radical (unpaired) electrons. The largest absolute Gasteiger partial charge is 0.481 e. The molecule has 3 amide bonds. The number of carboxylic acids is 1. The van der Waals surface area contributed by atoms with Gasteiger partial charge in [0.05, 0.1) is 5.41 Å². The van der Waals surface area contributed by atoms with E-state index in [0.717, 1.165) is 5.56 Å². The first kappa shape index (κ1) is 19.8. The number of hydrogen-bond donors (Lipinski definition) is 3. The topological polar surface area (TPSA) is 98.7 Å². The van der Waals surface area contributed by atoms with Crippen molar-refractivity contribution in [3.05, 3.63) is 29.8 Å². The Hall–Kier alpha value is -2.57. The van der Waals surface area contributed by atoms with Gasteiger partial charge in [0.1, 0.15) is 0 Å². The highest BCUT2D eigenvalue weighted by atomic mass is 16.4. The predicted octanol–water partition coefficient (Wildman–Crippen LogP) is 2.68. The highest BCUT2D eigenvalue weighted by molar-refractivity contribution is 5.90. The number of carbonyl (C=O) groups excluding carboxylic acids is 2. The van der Waals surface area contributed by atoms with E-state index in [4.69, 9.17) is 0 Å². The molecule has 0 spiro atoms. The van der Waals surface area contributed by atoms with Crippen LogP contribution in [0.1, 0.15) is 39.2 Å². The fourth-order valence-electron chi connectivity index (χ4n) is 2.94. The minimum absolute atomic E-state index is 0.0359. The number of aliphatic carboxylic acids is 1. The van der Waals surface area contributed by atoms with Crippen LogP contribution in [0.4, 0.5) is 10.5 Å². The van der Waals surface area contributed by atoms with Crippen molar-refractivity contribution in [3.8, 4) is 0 Å². The summed E-state index contributed by atoms with van der Waals surface area (Å²) in [5.41, 5.74) is 0.681. The summed E-state index contributed by atoms with van der Waals surface area (Å²) < 4.78 is 0. The van der Waals surface area contributed by atoms with E-state index in [1.54, 1.807) is 6.92 Å². The number of nitrogens with zero attached hydrogens (tertiary/aromatic N) is 1. The molecule has 2 rings (SSSR count). The average Bonchev–Trinajstić information content (AvgIpc) is 2.96. The van der Waals surface area contributed by atoms with Crippen LogP contribution in [-0.4, -0.2) is 41.0 Å². The zero-order valence-electron chi connectivity index (χ0n) is 15.5. The first-order chi connectivity index (χ1) is 12.2. The molecule has 26 heavy (non-hydrogen) atoms. The number of likely N-dealkylation sites (tertiary alicyclic amines) is 1. The minimum atomic E-state index is -0.877. The first-order valence-corrected chi connectivity index (χ1v) is 8.84. The van der Waals surface area contributed by atoms with Gasteiger partial charge in [0.25, 0.3) is 0 Å². The summed E-state index contributed by atoms with van der Waals surface area (Å²) in [5, 5.41) is 14.9. The summed E-state index contributed by atoms with van der Waals surface area (Å²) in [5.74, 6) is -0.627. The summed E-state index contributed by atoms with van der Waals surface area (Å²) in [6.07, 6.45) is 0.908. The maximum Gasteiger partial charge on any atom is 0.317 e. The Labute approximate surface area is 153 Å². The molecule has 3 N–H and O–H groups in total. The van der Waals surface area contributed by atoms with E-state index in [2.05, 4.69) is 10.6 Å². The van der Waals surface area contributed by atoms with Crippen molar-refractivity contribution in [1.82, 2.24) is 10.2 Å². The van der Waals surface area contributed by atoms with Crippen LogP contribution in [0, 0.1) is 11.3 Å². The van der Waals surface area contributed by atoms with Crippen molar-refractivity contribution in [3.63, 3.8) is 0 Å². The average molecular weight is 361 g/mol. The number of anilines is 1. The molecule has 1 aromatic carbocycles. The molecule has 0 bridgehead atoms. The quantitative estimate of drug-likeness (QED) is 0.725. The minimum Gasteiger partial charge on any atom is -0.481 e. The van der Waals surface area contributed by atoms with Crippen molar-refractivity contribution in [2.75, 3.05) is 18.4 Å². The lowest BCUT2D eigenvalue weighted by atomic mass is 9.90. The number of urea groups is 1. The van der Waals surface area contributed by atoms with E-state index in [1.165, 1.54) is 4.90 Å². The number of benzene rings is 1. The Morgan fingerprint density at radius 1 is 1.31 bits per heavy atom. The Morgan fingerprint density at radius 3 is 2.65 bits per heavy atom. The van der Waals surface area contributed by atoms with Gasteiger partial charge in [0.15, 0.2) is 0 Å². The van der Waals surface area contributed by atoms with Gasteiger partial charge in [-0.3, -0.25) is 9.59 Å². The predicted molar refractivity (Wildman–Crippen MR) is 98.7 cm³/mol. The SMILES string of the molecule is CC(C)CC(=O)Nc1cccc(CNC(=O)N2CCC(C)(C(=O)O)C2)c1. The lowest BCUT2D eigenvalue weighted by molar-refractivity contribution is -0.147. The van der Waals surface area contributed by atoms with Gasteiger partial charge in [-0.1, -0.05) is 26.0 Å². The molecule has 0 saturated carbocycles. The van der Waals surface area contributed by atoms with Crippen molar-refractivity contribution in [1.29, 1.82) is 0 Å². The van der Waals surface area contributed by atoms with E-state index in [0.29, 0.717) is 31.6 Å². The molecular formula is C19H27N3O4. The normalized spacial score (nSPS) is 19.5. The van der Waals surface area contributed by atoms with Crippen LogP contribution in [0.2, 0.25) is 0 Å². The van der Waals surface area contributed by atoms with Gasteiger partial charge in [-0.05, 0) is 37.0 Å². The molecule has 142 valence electrons. The van der Waals surface area contributed by atoms with Gasteiger partial charge >= 0.3 is 12.0 Å². The van der Waals surface area contributed by atoms with Crippen LogP contribution in [0.5, 0.6) is 0 Å². The van der Waals surface area contributed by atoms with Crippen LogP contribution < -0.4 is 10.6 Å².